The molecule has 1 N–H and O–H groups in total. The van der Waals surface area contributed by atoms with Crippen LogP contribution in [0.5, 0.6) is 0 Å². The van der Waals surface area contributed by atoms with E-state index in [-0.39, 0.29) is 5.91 Å². The second-order valence-electron chi connectivity index (χ2n) is 4.65. The first-order chi connectivity index (χ1) is 8.74. The zero-order chi connectivity index (χ0) is 13.0. The average Bonchev–Trinajstić information content (AvgIpc) is 2.92. The summed E-state index contributed by atoms with van der Waals surface area (Å²) in [6.45, 7) is 2.34. The van der Waals surface area contributed by atoms with Gasteiger partial charge in [0.1, 0.15) is 0 Å². The van der Waals surface area contributed by atoms with Gasteiger partial charge in [0.25, 0.3) is 5.91 Å². The van der Waals surface area contributed by atoms with Gasteiger partial charge < -0.3 is 15.0 Å². The zero-order valence-corrected chi connectivity index (χ0v) is 11.0. The third-order valence-electron chi connectivity index (χ3n) is 3.45. The van der Waals surface area contributed by atoms with Gasteiger partial charge in [-0.15, -0.1) is 0 Å². The summed E-state index contributed by atoms with van der Waals surface area (Å²) in [6, 6.07) is 7.94. The average molecular weight is 248 g/mol. The first-order valence-corrected chi connectivity index (χ1v) is 6.28. The highest BCUT2D eigenvalue weighted by Crippen LogP contribution is 2.15. The van der Waals surface area contributed by atoms with Gasteiger partial charge in [-0.05, 0) is 24.6 Å². The normalized spacial score (nSPS) is 18.9. The standard InChI is InChI=1S/C14H20N2O2/c1-16(12-7-8-15-9-12)14(17)13-6-4-3-5-11(13)10-18-2/h3-6,12,15H,7-10H2,1-2H3/t12-/m0/s1. The lowest BCUT2D eigenvalue weighted by Crippen LogP contribution is -2.38. The Hall–Kier alpha value is -1.39. The van der Waals surface area contributed by atoms with E-state index in [1.165, 1.54) is 0 Å². The number of hydrogen-bond donors (Lipinski definition) is 1. The highest BCUT2D eigenvalue weighted by molar-refractivity contribution is 5.95. The molecule has 18 heavy (non-hydrogen) atoms. The summed E-state index contributed by atoms with van der Waals surface area (Å²) in [5, 5.41) is 3.28. The Bertz CT molecular complexity index is 414. The Morgan fingerprint density at radius 1 is 1.50 bits per heavy atom. The molecule has 1 amide bonds. The van der Waals surface area contributed by atoms with Crippen LogP contribution in [0.3, 0.4) is 0 Å². The Balaban J connectivity index is 2.16. The SMILES string of the molecule is COCc1ccccc1C(=O)N(C)[C@H]1CCNC1. The molecule has 1 heterocycles. The zero-order valence-electron chi connectivity index (χ0n) is 11.0. The van der Waals surface area contributed by atoms with Gasteiger partial charge in [-0.2, -0.15) is 0 Å². The molecule has 0 bridgehead atoms. The molecule has 1 aliphatic heterocycles. The highest BCUT2D eigenvalue weighted by atomic mass is 16.5. The number of nitrogens with zero attached hydrogens (tertiary/aromatic N) is 1. The topological polar surface area (TPSA) is 41.6 Å². The number of ether oxygens (including phenoxy) is 1. The van der Waals surface area contributed by atoms with Crippen molar-refractivity contribution < 1.29 is 9.53 Å². The molecule has 0 unspecified atom stereocenters. The number of carbonyl (C=O) groups is 1. The minimum Gasteiger partial charge on any atom is -0.380 e. The lowest BCUT2D eigenvalue weighted by Gasteiger charge is -2.24. The predicted octanol–water partition coefficient (Wildman–Crippen LogP) is 1.27. The van der Waals surface area contributed by atoms with Gasteiger partial charge in [-0.1, -0.05) is 18.2 Å². The number of methoxy groups -OCH3 is 1. The number of hydrogen-bond acceptors (Lipinski definition) is 3. The summed E-state index contributed by atoms with van der Waals surface area (Å²) in [7, 11) is 3.52. The van der Waals surface area contributed by atoms with E-state index in [0.717, 1.165) is 30.6 Å². The second kappa shape index (κ2) is 5.98. The van der Waals surface area contributed by atoms with Crippen LogP contribution >= 0.6 is 0 Å². The summed E-state index contributed by atoms with van der Waals surface area (Å²) >= 11 is 0. The number of carbonyl (C=O) groups excluding carboxylic acids is 1. The first kappa shape index (κ1) is 13.1. The van der Waals surface area contributed by atoms with Crippen molar-refractivity contribution in [3.63, 3.8) is 0 Å². The molecule has 4 nitrogen and oxygen atoms in total. The Labute approximate surface area is 108 Å². The van der Waals surface area contributed by atoms with E-state index < -0.39 is 0 Å². The van der Waals surface area contributed by atoms with E-state index in [1.807, 2.05) is 36.2 Å². The second-order valence-corrected chi connectivity index (χ2v) is 4.65. The summed E-state index contributed by atoms with van der Waals surface area (Å²) in [6.07, 6.45) is 1.02. The molecule has 0 radical (unpaired) electrons. The maximum Gasteiger partial charge on any atom is 0.254 e. The molecule has 0 aliphatic carbocycles. The Morgan fingerprint density at radius 3 is 2.94 bits per heavy atom. The number of likely N-dealkylation sites (N-methyl/N-ethyl adjacent to an activating group) is 1. The monoisotopic (exact) mass is 248 g/mol. The van der Waals surface area contributed by atoms with Crippen LogP contribution in [0.2, 0.25) is 0 Å². The van der Waals surface area contributed by atoms with Gasteiger partial charge >= 0.3 is 0 Å². The number of rotatable bonds is 4. The van der Waals surface area contributed by atoms with Crippen LogP contribution in [0.4, 0.5) is 0 Å². The van der Waals surface area contributed by atoms with Gasteiger partial charge in [0, 0.05) is 32.3 Å². The smallest absolute Gasteiger partial charge is 0.254 e. The molecule has 1 saturated heterocycles. The van der Waals surface area contributed by atoms with Gasteiger partial charge in [-0.25, -0.2) is 0 Å². The predicted molar refractivity (Wildman–Crippen MR) is 70.5 cm³/mol. The minimum absolute atomic E-state index is 0.0800. The van der Waals surface area contributed by atoms with E-state index in [2.05, 4.69) is 5.32 Å². The largest absolute Gasteiger partial charge is 0.380 e. The van der Waals surface area contributed by atoms with Crippen molar-refractivity contribution in [2.24, 2.45) is 0 Å². The molecule has 1 aromatic rings. The van der Waals surface area contributed by atoms with E-state index in [0.29, 0.717) is 12.6 Å². The fourth-order valence-corrected chi connectivity index (χ4v) is 2.34. The molecule has 0 aromatic heterocycles. The fourth-order valence-electron chi connectivity index (χ4n) is 2.34. The van der Waals surface area contributed by atoms with Crippen molar-refractivity contribution in [3.8, 4) is 0 Å². The molecule has 0 spiro atoms. The van der Waals surface area contributed by atoms with E-state index in [1.54, 1.807) is 7.11 Å². The maximum atomic E-state index is 12.5. The molecule has 1 fully saturated rings. The molecule has 1 atom stereocenters. The molecule has 98 valence electrons. The van der Waals surface area contributed by atoms with Crippen LogP contribution in [0.25, 0.3) is 0 Å². The van der Waals surface area contributed by atoms with Crippen LogP contribution in [-0.2, 0) is 11.3 Å². The van der Waals surface area contributed by atoms with E-state index in [4.69, 9.17) is 4.74 Å². The Morgan fingerprint density at radius 2 is 2.28 bits per heavy atom. The van der Waals surface area contributed by atoms with Gasteiger partial charge in [0.05, 0.1) is 6.61 Å². The summed E-state index contributed by atoms with van der Waals surface area (Å²) < 4.78 is 5.14. The van der Waals surface area contributed by atoms with Crippen molar-refractivity contribution in [1.29, 1.82) is 0 Å². The molecule has 0 saturated carbocycles. The Kier molecular flexibility index (Phi) is 4.33. The van der Waals surface area contributed by atoms with Gasteiger partial charge in [0.2, 0.25) is 0 Å². The lowest BCUT2D eigenvalue weighted by molar-refractivity contribution is 0.0739. The molecular weight excluding hydrogens is 228 g/mol. The summed E-state index contributed by atoms with van der Waals surface area (Å²) in [5.41, 5.74) is 1.69. The van der Waals surface area contributed by atoms with E-state index >= 15 is 0 Å². The van der Waals surface area contributed by atoms with Crippen molar-refractivity contribution in [1.82, 2.24) is 10.2 Å². The van der Waals surface area contributed by atoms with Gasteiger partial charge in [-0.3, -0.25) is 4.79 Å². The van der Waals surface area contributed by atoms with Gasteiger partial charge in [0.15, 0.2) is 0 Å². The van der Waals surface area contributed by atoms with Crippen molar-refractivity contribution in [2.75, 3.05) is 27.2 Å². The lowest BCUT2D eigenvalue weighted by atomic mass is 10.1. The van der Waals surface area contributed by atoms with Crippen LogP contribution < -0.4 is 5.32 Å². The van der Waals surface area contributed by atoms with Crippen LogP contribution in [0, 0.1) is 0 Å². The summed E-state index contributed by atoms with van der Waals surface area (Å²) in [4.78, 5) is 14.3. The minimum atomic E-state index is 0.0800. The molecule has 4 heteroatoms. The molecular formula is C14H20N2O2. The fraction of sp³-hybridized carbons (Fsp3) is 0.500. The number of amides is 1. The van der Waals surface area contributed by atoms with Crippen molar-refractivity contribution in [2.45, 2.75) is 19.1 Å². The van der Waals surface area contributed by atoms with Crippen LogP contribution in [0.15, 0.2) is 24.3 Å². The van der Waals surface area contributed by atoms with Crippen LogP contribution in [-0.4, -0.2) is 44.1 Å². The number of benzene rings is 1. The number of nitrogens with one attached hydrogen (secondary N) is 1. The first-order valence-electron chi connectivity index (χ1n) is 6.28. The van der Waals surface area contributed by atoms with E-state index in [9.17, 15) is 4.79 Å². The van der Waals surface area contributed by atoms with Crippen LogP contribution in [0.1, 0.15) is 22.3 Å². The quantitative estimate of drug-likeness (QED) is 0.872. The molecule has 1 aromatic carbocycles. The third-order valence-corrected chi connectivity index (χ3v) is 3.45. The molecule has 1 aliphatic rings. The maximum absolute atomic E-state index is 12.5. The van der Waals surface area contributed by atoms with Crippen molar-refractivity contribution in [3.05, 3.63) is 35.4 Å². The summed E-state index contributed by atoms with van der Waals surface area (Å²) in [5.74, 6) is 0.0800. The molecule has 2 rings (SSSR count). The van der Waals surface area contributed by atoms with Crippen molar-refractivity contribution >= 4 is 5.91 Å². The highest BCUT2D eigenvalue weighted by Gasteiger charge is 2.25. The third kappa shape index (κ3) is 2.71.